The average molecular weight is 214 g/mol. The van der Waals surface area contributed by atoms with Crippen molar-refractivity contribution in [1.82, 2.24) is 5.32 Å². The van der Waals surface area contributed by atoms with E-state index >= 15 is 0 Å². The first-order valence-electron chi connectivity index (χ1n) is 4.67. The van der Waals surface area contributed by atoms with Gasteiger partial charge in [0.25, 0.3) is 0 Å². The zero-order chi connectivity index (χ0) is 11.7. The average Bonchev–Trinajstić information content (AvgIpc) is 2.46. The summed E-state index contributed by atoms with van der Waals surface area (Å²) in [5.74, 6) is -3.65. The highest BCUT2D eigenvalue weighted by molar-refractivity contribution is 6.27. The van der Waals surface area contributed by atoms with E-state index in [-0.39, 0.29) is 6.04 Å². The van der Waals surface area contributed by atoms with E-state index in [2.05, 4.69) is 11.4 Å². The van der Waals surface area contributed by atoms with Crippen molar-refractivity contribution >= 4 is 11.9 Å². The first-order chi connectivity index (χ1) is 7.07. The van der Waals surface area contributed by atoms with Gasteiger partial charge in [-0.25, -0.2) is 9.59 Å². The first-order valence-corrected chi connectivity index (χ1v) is 4.67. The normalized spacial score (nSPS) is 20.1. The predicted octanol–water partition coefficient (Wildman–Crippen LogP) is 0.198. The van der Waals surface area contributed by atoms with Gasteiger partial charge < -0.3 is 15.5 Å². The summed E-state index contributed by atoms with van der Waals surface area (Å²) in [7, 11) is 0. The Kier molecular flexibility index (Phi) is 6.93. The summed E-state index contributed by atoms with van der Waals surface area (Å²) in [6, 6.07) is 2.36. The Bertz CT molecular complexity index is 239. The number of nitriles is 1. The van der Waals surface area contributed by atoms with Crippen LogP contribution in [-0.2, 0) is 9.59 Å². The van der Waals surface area contributed by atoms with Crippen LogP contribution in [0.4, 0.5) is 0 Å². The van der Waals surface area contributed by atoms with Crippen LogP contribution < -0.4 is 5.32 Å². The molecule has 1 atom stereocenters. The minimum Gasteiger partial charge on any atom is -0.473 e. The molecular weight excluding hydrogens is 200 g/mol. The Balaban J connectivity index is 0.000000288. The summed E-state index contributed by atoms with van der Waals surface area (Å²) in [5, 5.41) is 26.5. The molecule has 1 aliphatic heterocycles. The molecule has 0 saturated carbocycles. The minimum absolute atomic E-state index is 0.132. The summed E-state index contributed by atoms with van der Waals surface area (Å²) in [4.78, 5) is 18.2. The van der Waals surface area contributed by atoms with E-state index in [9.17, 15) is 0 Å². The molecule has 0 aliphatic carbocycles. The van der Waals surface area contributed by atoms with E-state index in [1.165, 1.54) is 19.3 Å². The third-order valence-electron chi connectivity index (χ3n) is 1.90. The number of nitrogens with one attached hydrogen (secondary N) is 1. The van der Waals surface area contributed by atoms with Crippen LogP contribution in [0.2, 0.25) is 0 Å². The number of hydrogen-bond donors (Lipinski definition) is 3. The van der Waals surface area contributed by atoms with Gasteiger partial charge in [-0.15, -0.1) is 0 Å². The van der Waals surface area contributed by atoms with E-state index < -0.39 is 11.9 Å². The molecule has 0 amide bonds. The number of carbonyl (C=O) groups is 2. The molecule has 0 aromatic carbocycles. The highest BCUT2D eigenvalue weighted by Gasteiger charge is 2.08. The molecule has 0 aromatic rings. The molecular formula is C9H14N2O4. The quantitative estimate of drug-likeness (QED) is 0.497. The second kappa shape index (κ2) is 7.76. The lowest BCUT2D eigenvalue weighted by Gasteiger charge is -2.03. The lowest BCUT2D eigenvalue weighted by Crippen LogP contribution is -2.25. The van der Waals surface area contributed by atoms with Crippen LogP contribution >= 0.6 is 0 Å². The summed E-state index contributed by atoms with van der Waals surface area (Å²) in [6.45, 7) is 1.03. The number of hydrogen-bond acceptors (Lipinski definition) is 4. The molecule has 84 valence electrons. The Labute approximate surface area is 87.5 Å². The van der Waals surface area contributed by atoms with Crippen LogP contribution in [0.3, 0.4) is 0 Å². The van der Waals surface area contributed by atoms with E-state index in [4.69, 9.17) is 25.1 Å². The standard InChI is InChI=1S/C7H12N2.C2H2O4/c8-6-7-4-2-1-3-5-9-7;3-1(4)2(5)6/h7,9H,1-5H2;(H,3,4)(H,5,6). The van der Waals surface area contributed by atoms with Gasteiger partial charge in [0, 0.05) is 0 Å². The highest BCUT2D eigenvalue weighted by atomic mass is 16.4. The van der Waals surface area contributed by atoms with Gasteiger partial charge in [0.1, 0.15) is 0 Å². The van der Waals surface area contributed by atoms with Crippen molar-refractivity contribution in [1.29, 1.82) is 5.26 Å². The molecule has 1 fully saturated rings. The summed E-state index contributed by atoms with van der Waals surface area (Å²) < 4.78 is 0. The Morgan fingerprint density at radius 3 is 2.27 bits per heavy atom. The number of nitrogens with zero attached hydrogens (tertiary/aromatic N) is 1. The Morgan fingerprint density at radius 2 is 1.80 bits per heavy atom. The van der Waals surface area contributed by atoms with Crippen LogP contribution in [0.15, 0.2) is 0 Å². The van der Waals surface area contributed by atoms with Gasteiger partial charge in [0.2, 0.25) is 0 Å². The van der Waals surface area contributed by atoms with Crippen molar-refractivity contribution in [2.45, 2.75) is 31.7 Å². The topological polar surface area (TPSA) is 110 Å². The third kappa shape index (κ3) is 7.46. The van der Waals surface area contributed by atoms with E-state index in [1.54, 1.807) is 0 Å². The van der Waals surface area contributed by atoms with Gasteiger partial charge in [-0.3, -0.25) is 0 Å². The summed E-state index contributed by atoms with van der Waals surface area (Å²) in [5.41, 5.74) is 0. The molecule has 3 N–H and O–H groups in total. The predicted molar refractivity (Wildman–Crippen MR) is 51.1 cm³/mol. The number of aliphatic carboxylic acids is 2. The fourth-order valence-corrected chi connectivity index (χ4v) is 1.14. The molecule has 6 nitrogen and oxygen atoms in total. The van der Waals surface area contributed by atoms with Gasteiger partial charge in [-0.05, 0) is 19.4 Å². The van der Waals surface area contributed by atoms with Crippen molar-refractivity contribution < 1.29 is 19.8 Å². The van der Waals surface area contributed by atoms with Crippen molar-refractivity contribution in [3.63, 3.8) is 0 Å². The molecule has 1 rings (SSSR count). The van der Waals surface area contributed by atoms with Crippen molar-refractivity contribution in [3.05, 3.63) is 0 Å². The molecule has 1 aliphatic rings. The lowest BCUT2D eigenvalue weighted by atomic mass is 10.1. The fraction of sp³-hybridized carbons (Fsp3) is 0.667. The smallest absolute Gasteiger partial charge is 0.414 e. The van der Waals surface area contributed by atoms with E-state index in [0.29, 0.717) is 0 Å². The Morgan fingerprint density at radius 1 is 1.20 bits per heavy atom. The highest BCUT2D eigenvalue weighted by Crippen LogP contribution is 2.06. The van der Waals surface area contributed by atoms with Crippen LogP contribution in [0.1, 0.15) is 25.7 Å². The fourth-order valence-electron chi connectivity index (χ4n) is 1.14. The zero-order valence-corrected chi connectivity index (χ0v) is 8.27. The second-order valence-corrected chi connectivity index (χ2v) is 3.10. The molecule has 0 bridgehead atoms. The van der Waals surface area contributed by atoms with Crippen LogP contribution in [-0.4, -0.2) is 34.7 Å². The molecule has 0 radical (unpaired) electrons. The largest absolute Gasteiger partial charge is 0.473 e. The maximum Gasteiger partial charge on any atom is 0.414 e. The molecule has 6 heteroatoms. The summed E-state index contributed by atoms with van der Waals surface area (Å²) >= 11 is 0. The number of rotatable bonds is 0. The molecule has 0 aromatic heterocycles. The maximum absolute atomic E-state index is 9.10. The SMILES string of the molecule is N#CC1CCCCCN1.O=C(O)C(=O)O. The molecule has 15 heavy (non-hydrogen) atoms. The zero-order valence-electron chi connectivity index (χ0n) is 8.27. The van der Waals surface area contributed by atoms with Gasteiger partial charge in [0.05, 0.1) is 12.1 Å². The van der Waals surface area contributed by atoms with Crippen molar-refractivity contribution in [3.8, 4) is 6.07 Å². The molecule has 1 unspecified atom stereocenters. The molecule has 1 heterocycles. The van der Waals surface area contributed by atoms with Crippen molar-refractivity contribution in [2.24, 2.45) is 0 Å². The summed E-state index contributed by atoms with van der Waals surface area (Å²) in [6.07, 6.45) is 4.77. The molecule has 1 saturated heterocycles. The van der Waals surface area contributed by atoms with Crippen LogP contribution in [0.25, 0.3) is 0 Å². The maximum atomic E-state index is 9.10. The van der Waals surface area contributed by atoms with Gasteiger partial charge >= 0.3 is 11.9 Å². The van der Waals surface area contributed by atoms with Gasteiger partial charge in [-0.1, -0.05) is 12.8 Å². The van der Waals surface area contributed by atoms with Gasteiger partial charge in [-0.2, -0.15) is 5.26 Å². The second-order valence-electron chi connectivity index (χ2n) is 3.10. The van der Waals surface area contributed by atoms with Gasteiger partial charge in [0.15, 0.2) is 0 Å². The number of carboxylic acid groups (broad SMARTS) is 2. The molecule has 0 spiro atoms. The third-order valence-corrected chi connectivity index (χ3v) is 1.90. The number of carboxylic acids is 2. The lowest BCUT2D eigenvalue weighted by molar-refractivity contribution is -0.159. The van der Waals surface area contributed by atoms with E-state index in [1.807, 2.05) is 0 Å². The Hall–Kier alpha value is -1.61. The van der Waals surface area contributed by atoms with Crippen LogP contribution in [0.5, 0.6) is 0 Å². The van der Waals surface area contributed by atoms with E-state index in [0.717, 1.165) is 13.0 Å². The van der Waals surface area contributed by atoms with Crippen molar-refractivity contribution in [2.75, 3.05) is 6.54 Å². The van der Waals surface area contributed by atoms with Crippen LogP contribution in [0, 0.1) is 11.3 Å². The monoisotopic (exact) mass is 214 g/mol. The first kappa shape index (κ1) is 13.4. The minimum atomic E-state index is -1.82.